The fourth-order valence-electron chi connectivity index (χ4n) is 3.67. The molecule has 2 bridgehead atoms. The molecule has 2 unspecified atom stereocenters. The van der Waals surface area contributed by atoms with Gasteiger partial charge in [0.2, 0.25) is 0 Å². The SMILES string of the molecule is CC(C)(C)NCc1ccc(F)c(CN2CC3CCC2C3)c1. The Hall–Kier alpha value is -0.930. The van der Waals surface area contributed by atoms with Crippen molar-refractivity contribution in [3.8, 4) is 0 Å². The molecule has 3 rings (SSSR count). The minimum atomic E-state index is -0.0581. The third kappa shape index (κ3) is 3.64. The molecule has 0 amide bonds. The second-order valence-electron chi connectivity index (χ2n) is 7.79. The van der Waals surface area contributed by atoms with Gasteiger partial charge in [0.05, 0.1) is 0 Å². The number of nitrogens with one attached hydrogen (secondary N) is 1. The van der Waals surface area contributed by atoms with Crippen LogP contribution in [0.2, 0.25) is 0 Å². The number of rotatable bonds is 4. The lowest BCUT2D eigenvalue weighted by atomic mass is 10.1. The van der Waals surface area contributed by atoms with Crippen molar-refractivity contribution < 1.29 is 4.39 Å². The number of likely N-dealkylation sites (tertiary alicyclic amines) is 1. The number of nitrogens with zero attached hydrogens (tertiary/aromatic N) is 1. The molecule has 2 nitrogen and oxygen atoms in total. The predicted octanol–water partition coefficient (Wildman–Crippen LogP) is 3.70. The van der Waals surface area contributed by atoms with Gasteiger partial charge in [0.1, 0.15) is 5.82 Å². The van der Waals surface area contributed by atoms with Gasteiger partial charge in [-0.15, -0.1) is 0 Å². The molecule has 1 aliphatic heterocycles. The summed E-state index contributed by atoms with van der Waals surface area (Å²) in [5, 5.41) is 3.47. The van der Waals surface area contributed by atoms with E-state index in [1.54, 1.807) is 6.07 Å². The predicted molar refractivity (Wildman–Crippen MR) is 84.5 cm³/mol. The van der Waals surface area contributed by atoms with E-state index in [4.69, 9.17) is 0 Å². The lowest BCUT2D eigenvalue weighted by Crippen LogP contribution is -2.35. The Labute approximate surface area is 127 Å². The maximum atomic E-state index is 14.1. The van der Waals surface area contributed by atoms with Gasteiger partial charge in [0, 0.05) is 36.8 Å². The number of fused-ring (bicyclic) bond motifs is 2. The highest BCUT2D eigenvalue weighted by atomic mass is 19.1. The van der Waals surface area contributed by atoms with Gasteiger partial charge in [0.25, 0.3) is 0 Å². The molecule has 116 valence electrons. The molecular formula is C18H27FN2. The number of hydrogen-bond donors (Lipinski definition) is 1. The lowest BCUT2D eigenvalue weighted by molar-refractivity contribution is 0.203. The summed E-state index contributed by atoms with van der Waals surface area (Å²) in [7, 11) is 0. The zero-order valence-electron chi connectivity index (χ0n) is 13.5. The van der Waals surface area contributed by atoms with E-state index in [0.29, 0.717) is 6.04 Å². The second kappa shape index (κ2) is 5.69. The van der Waals surface area contributed by atoms with Crippen LogP contribution in [0.4, 0.5) is 4.39 Å². The first kappa shape index (κ1) is 15.0. The van der Waals surface area contributed by atoms with E-state index < -0.39 is 0 Å². The number of piperidine rings is 1. The average Bonchev–Trinajstić information content (AvgIpc) is 3.01. The largest absolute Gasteiger partial charge is 0.308 e. The molecule has 2 atom stereocenters. The molecule has 1 saturated carbocycles. The Morgan fingerprint density at radius 2 is 2.10 bits per heavy atom. The minimum Gasteiger partial charge on any atom is -0.308 e. The van der Waals surface area contributed by atoms with Crippen LogP contribution in [0.25, 0.3) is 0 Å². The van der Waals surface area contributed by atoms with Gasteiger partial charge in [-0.2, -0.15) is 0 Å². The Morgan fingerprint density at radius 1 is 1.29 bits per heavy atom. The maximum absolute atomic E-state index is 14.1. The van der Waals surface area contributed by atoms with Crippen molar-refractivity contribution in [3.05, 3.63) is 35.1 Å². The van der Waals surface area contributed by atoms with Crippen LogP contribution >= 0.6 is 0 Å². The van der Waals surface area contributed by atoms with Gasteiger partial charge in [-0.1, -0.05) is 12.1 Å². The first-order valence-electron chi connectivity index (χ1n) is 8.17. The Balaban J connectivity index is 1.67. The smallest absolute Gasteiger partial charge is 0.127 e. The summed E-state index contributed by atoms with van der Waals surface area (Å²) in [5.41, 5.74) is 2.12. The van der Waals surface area contributed by atoms with Crippen molar-refractivity contribution in [1.29, 1.82) is 0 Å². The number of halogens is 1. The number of benzene rings is 1. The van der Waals surface area contributed by atoms with Crippen molar-refractivity contribution in [1.82, 2.24) is 10.2 Å². The van der Waals surface area contributed by atoms with Crippen LogP contribution in [-0.2, 0) is 13.1 Å². The quantitative estimate of drug-likeness (QED) is 0.909. The highest BCUT2D eigenvalue weighted by Gasteiger charge is 2.37. The second-order valence-corrected chi connectivity index (χ2v) is 7.79. The summed E-state index contributed by atoms with van der Waals surface area (Å²) >= 11 is 0. The van der Waals surface area contributed by atoms with E-state index >= 15 is 0 Å². The summed E-state index contributed by atoms with van der Waals surface area (Å²) < 4.78 is 14.1. The summed E-state index contributed by atoms with van der Waals surface area (Å²) in [6.45, 7) is 9.18. The molecule has 1 aromatic carbocycles. The molecule has 1 saturated heterocycles. The van der Waals surface area contributed by atoms with E-state index in [0.717, 1.165) is 31.1 Å². The highest BCUT2D eigenvalue weighted by molar-refractivity contribution is 5.25. The maximum Gasteiger partial charge on any atom is 0.127 e. The Kier molecular flexibility index (Phi) is 4.06. The third-order valence-electron chi connectivity index (χ3n) is 4.83. The van der Waals surface area contributed by atoms with E-state index in [-0.39, 0.29) is 11.4 Å². The van der Waals surface area contributed by atoms with Crippen LogP contribution in [0.3, 0.4) is 0 Å². The summed E-state index contributed by atoms with van der Waals surface area (Å²) in [6, 6.07) is 6.27. The van der Waals surface area contributed by atoms with Gasteiger partial charge >= 0.3 is 0 Å². The Bertz CT molecular complexity index is 506. The van der Waals surface area contributed by atoms with Gasteiger partial charge < -0.3 is 5.32 Å². The van der Waals surface area contributed by atoms with Crippen LogP contribution in [-0.4, -0.2) is 23.0 Å². The summed E-state index contributed by atoms with van der Waals surface area (Å²) in [6.07, 6.45) is 4.00. The molecule has 21 heavy (non-hydrogen) atoms. The van der Waals surface area contributed by atoms with Gasteiger partial charge in [-0.25, -0.2) is 4.39 Å². The van der Waals surface area contributed by atoms with Crippen LogP contribution in [0.1, 0.15) is 51.2 Å². The van der Waals surface area contributed by atoms with E-state index in [9.17, 15) is 4.39 Å². The van der Waals surface area contributed by atoms with Crippen molar-refractivity contribution >= 4 is 0 Å². The molecule has 2 aliphatic rings. The lowest BCUT2D eigenvalue weighted by Gasteiger charge is -2.27. The van der Waals surface area contributed by atoms with Crippen molar-refractivity contribution in [2.45, 2.75) is 64.7 Å². The van der Waals surface area contributed by atoms with Crippen LogP contribution in [0.5, 0.6) is 0 Å². The van der Waals surface area contributed by atoms with Crippen LogP contribution in [0.15, 0.2) is 18.2 Å². The zero-order valence-corrected chi connectivity index (χ0v) is 13.5. The monoisotopic (exact) mass is 290 g/mol. The van der Waals surface area contributed by atoms with Gasteiger partial charge in [-0.3, -0.25) is 4.90 Å². The van der Waals surface area contributed by atoms with Crippen molar-refractivity contribution in [2.24, 2.45) is 5.92 Å². The molecule has 0 spiro atoms. The minimum absolute atomic E-state index is 0.0581. The van der Waals surface area contributed by atoms with E-state index in [1.165, 1.54) is 24.8 Å². The van der Waals surface area contributed by atoms with Crippen molar-refractivity contribution in [2.75, 3.05) is 6.54 Å². The molecule has 0 aromatic heterocycles. The highest BCUT2D eigenvalue weighted by Crippen LogP contribution is 2.38. The fraction of sp³-hybridized carbons (Fsp3) is 0.667. The molecule has 1 heterocycles. The molecule has 1 aliphatic carbocycles. The summed E-state index contributed by atoms with van der Waals surface area (Å²) in [5.74, 6) is 0.807. The third-order valence-corrected chi connectivity index (χ3v) is 4.83. The standard InChI is InChI=1S/C18H27FN2/c1-18(2,3)20-10-13-5-7-17(19)15(8-13)12-21-11-14-4-6-16(21)9-14/h5,7-8,14,16,20H,4,6,9-12H2,1-3H3. The van der Waals surface area contributed by atoms with Gasteiger partial charge in [-0.05, 0) is 57.6 Å². The Morgan fingerprint density at radius 3 is 2.71 bits per heavy atom. The molecule has 1 N–H and O–H groups in total. The molecule has 1 aromatic rings. The van der Waals surface area contributed by atoms with E-state index in [2.05, 4.69) is 31.0 Å². The molecular weight excluding hydrogens is 263 g/mol. The average molecular weight is 290 g/mol. The fourth-order valence-corrected chi connectivity index (χ4v) is 3.67. The molecule has 3 heteroatoms. The molecule has 2 fully saturated rings. The van der Waals surface area contributed by atoms with Crippen molar-refractivity contribution in [3.63, 3.8) is 0 Å². The first-order valence-corrected chi connectivity index (χ1v) is 8.17. The topological polar surface area (TPSA) is 15.3 Å². The normalized spacial score (nSPS) is 25.7. The zero-order chi connectivity index (χ0) is 15.0. The van der Waals surface area contributed by atoms with E-state index in [1.807, 2.05) is 12.1 Å². The van der Waals surface area contributed by atoms with Crippen LogP contribution in [0, 0.1) is 11.7 Å². The summed E-state index contributed by atoms with van der Waals surface area (Å²) in [4.78, 5) is 2.48. The first-order chi connectivity index (χ1) is 9.90. The molecule has 0 radical (unpaired) electrons. The van der Waals surface area contributed by atoms with Gasteiger partial charge in [0.15, 0.2) is 0 Å². The van der Waals surface area contributed by atoms with Crippen LogP contribution < -0.4 is 5.32 Å². The number of hydrogen-bond acceptors (Lipinski definition) is 2.